The molecule has 1 N–H and O–H groups in total. The Labute approximate surface area is 72.8 Å². The average molecular weight is 172 g/mol. The standard InChI is InChI=1S/C8H16N2O2/c1-7(11)9-3-5-10(6-4-9)8(2)12/h7,11H,3-6H2,1-2H3. The molecule has 1 heterocycles. The third-order valence-corrected chi connectivity index (χ3v) is 2.29. The molecule has 1 fully saturated rings. The second kappa shape index (κ2) is 3.87. The van der Waals surface area contributed by atoms with E-state index in [1.54, 1.807) is 18.7 Å². The van der Waals surface area contributed by atoms with Gasteiger partial charge in [-0.15, -0.1) is 0 Å². The van der Waals surface area contributed by atoms with Crippen LogP contribution in [0.15, 0.2) is 0 Å². The van der Waals surface area contributed by atoms with Crippen LogP contribution in [-0.2, 0) is 4.79 Å². The van der Waals surface area contributed by atoms with Gasteiger partial charge in [0.15, 0.2) is 0 Å². The van der Waals surface area contributed by atoms with Crippen molar-refractivity contribution in [2.75, 3.05) is 26.2 Å². The molecule has 0 spiro atoms. The quantitative estimate of drug-likeness (QED) is 0.579. The molecule has 1 atom stereocenters. The summed E-state index contributed by atoms with van der Waals surface area (Å²) in [7, 11) is 0. The lowest BCUT2D eigenvalue weighted by Gasteiger charge is -2.35. The number of aliphatic hydroxyl groups is 1. The van der Waals surface area contributed by atoms with E-state index in [4.69, 9.17) is 0 Å². The molecule has 0 bridgehead atoms. The summed E-state index contributed by atoms with van der Waals surface area (Å²) in [6, 6.07) is 0. The third-order valence-electron chi connectivity index (χ3n) is 2.29. The van der Waals surface area contributed by atoms with Crippen molar-refractivity contribution in [2.45, 2.75) is 20.1 Å². The molecule has 0 aromatic carbocycles. The van der Waals surface area contributed by atoms with Crippen LogP contribution in [0.25, 0.3) is 0 Å². The summed E-state index contributed by atoms with van der Waals surface area (Å²) < 4.78 is 0. The highest BCUT2D eigenvalue weighted by molar-refractivity contribution is 5.73. The van der Waals surface area contributed by atoms with Gasteiger partial charge in [-0.1, -0.05) is 0 Å². The van der Waals surface area contributed by atoms with Crippen LogP contribution in [0.5, 0.6) is 0 Å². The first-order valence-corrected chi connectivity index (χ1v) is 4.29. The Morgan fingerprint density at radius 1 is 1.33 bits per heavy atom. The maximum Gasteiger partial charge on any atom is 0.219 e. The zero-order chi connectivity index (χ0) is 9.14. The average Bonchev–Trinajstić information content (AvgIpc) is 2.04. The summed E-state index contributed by atoms with van der Waals surface area (Å²) in [4.78, 5) is 14.7. The van der Waals surface area contributed by atoms with Gasteiger partial charge in [0.05, 0.1) is 0 Å². The molecule has 0 aromatic rings. The first-order valence-electron chi connectivity index (χ1n) is 4.29. The number of nitrogens with zero attached hydrogens (tertiary/aromatic N) is 2. The molecule has 0 saturated carbocycles. The molecule has 0 radical (unpaired) electrons. The van der Waals surface area contributed by atoms with Crippen LogP contribution in [-0.4, -0.2) is 53.2 Å². The van der Waals surface area contributed by atoms with E-state index in [2.05, 4.69) is 0 Å². The van der Waals surface area contributed by atoms with Crippen molar-refractivity contribution in [3.8, 4) is 0 Å². The molecule has 4 nitrogen and oxygen atoms in total. The first kappa shape index (κ1) is 9.48. The van der Waals surface area contributed by atoms with Crippen LogP contribution in [0.1, 0.15) is 13.8 Å². The van der Waals surface area contributed by atoms with E-state index in [1.165, 1.54) is 0 Å². The summed E-state index contributed by atoms with van der Waals surface area (Å²) >= 11 is 0. The van der Waals surface area contributed by atoms with E-state index in [0.29, 0.717) is 0 Å². The molecule has 1 amide bonds. The van der Waals surface area contributed by atoms with Crippen LogP contribution in [0.4, 0.5) is 0 Å². The lowest BCUT2D eigenvalue weighted by Crippen LogP contribution is -2.50. The number of hydrogen-bond acceptors (Lipinski definition) is 3. The van der Waals surface area contributed by atoms with Crippen LogP contribution < -0.4 is 0 Å². The Balaban J connectivity index is 2.34. The minimum Gasteiger partial charge on any atom is -0.379 e. The highest BCUT2D eigenvalue weighted by Crippen LogP contribution is 2.03. The van der Waals surface area contributed by atoms with Gasteiger partial charge < -0.3 is 10.0 Å². The molecule has 1 aliphatic heterocycles. The zero-order valence-electron chi connectivity index (χ0n) is 7.66. The largest absolute Gasteiger partial charge is 0.379 e. The third kappa shape index (κ3) is 2.19. The summed E-state index contributed by atoms with van der Waals surface area (Å²) in [6.45, 7) is 6.36. The smallest absolute Gasteiger partial charge is 0.219 e. The van der Waals surface area contributed by atoms with Gasteiger partial charge in [0.1, 0.15) is 6.23 Å². The molecule has 1 unspecified atom stereocenters. The van der Waals surface area contributed by atoms with Crippen molar-refractivity contribution in [1.82, 2.24) is 9.80 Å². The van der Waals surface area contributed by atoms with Gasteiger partial charge in [-0.25, -0.2) is 0 Å². The summed E-state index contributed by atoms with van der Waals surface area (Å²) in [5, 5.41) is 9.22. The van der Waals surface area contributed by atoms with Gasteiger partial charge in [0.2, 0.25) is 5.91 Å². The van der Waals surface area contributed by atoms with Gasteiger partial charge in [-0.2, -0.15) is 0 Å². The van der Waals surface area contributed by atoms with E-state index in [-0.39, 0.29) is 12.1 Å². The molecule has 1 rings (SSSR count). The van der Waals surface area contributed by atoms with Crippen LogP contribution >= 0.6 is 0 Å². The van der Waals surface area contributed by atoms with Crippen LogP contribution in [0.3, 0.4) is 0 Å². The van der Waals surface area contributed by atoms with E-state index in [0.717, 1.165) is 26.2 Å². The van der Waals surface area contributed by atoms with Gasteiger partial charge in [-0.05, 0) is 6.92 Å². The van der Waals surface area contributed by atoms with Gasteiger partial charge in [0.25, 0.3) is 0 Å². The molecule has 0 aromatic heterocycles. The topological polar surface area (TPSA) is 43.8 Å². The van der Waals surface area contributed by atoms with Gasteiger partial charge >= 0.3 is 0 Å². The van der Waals surface area contributed by atoms with Crippen molar-refractivity contribution in [3.05, 3.63) is 0 Å². The number of amides is 1. The van der Waals surface area contributed by atoms with Crippen molar-refractivity contribution in [1.29, 1.82) is 0 Å². The van der Waals surface area contributed by atoms with Crippen molar-refractivity contribution in [3.63, 3.8) is 0 Å². The SMILES string of the molecule is CC(=O)N1CCN(C(C)O)CC1. The number of hydrogen-bond donors (Lipinski definition) is 1. The molecule has 12 heavy (non-hydrogen) atoms. The maximum absolute atomic E-state index is 10.9. The number of aliphatic hydroxyl groups excluding tert-OH is 1. The molecule has 1 aliphatic rings. The van der Waals surface area contributed by atoms with Crippen molar-refractivity contribution >= 4 is 5.91 Å². The predicted molar refractivity (Wildman–Crippen MR) is 45.5 cm³/mol. The number of carbonyl (C=O) groups excluding carboxylic acids is 1. The Morgan fingerprint density at radius 3 is 2.17 bits per heavy atom. The van der Waals surface area contributed by atoms with Crippen LogP contribution in [0.2, 0.25) is 0 Å². The Kier molecular flexibility index (Phi) is 3.05. The van der Waals surface area contributed by atoms with Crippen molar-refractivity contribution in [2.24, 2.45) is 0 Å². The summed E-state index contributed by atoms with van der Waals surface area (Å²) in [5.74, 6) is 0.125. The van der Waals surface area contributed by atoms with Gasteiger partial charge in [0, 0.05) is 33.1 Å². The molecule has 70 valence electrons. The van der Waals surface area contributed by atoms with Gasteiger partial charge in [-0.3, -0.25) is 9.69 Å². The first-order chi connectivity index (χ1) is 5.61. The number of rotatable bonds is 1. The zero-order valence-corrected chi connectivity index (χ0v) is 7.66. The minimum atomic E-state index is -0.390. The Hall–Kier alpha value is -0.610. The number of carbonyl (C=O) groups is 1. The summed E-state index contributed by atoms with van der Waals surface area (Å²) in [6.07, 6.45) is -0.390. The molecule has 0 aliphatic carbocycles. The molecule has 4 heteroatoms. The monoisotopic (exact) mass is 172 g/mol. The number of piperazine rings is 1. The normalized spacial score (nSPS) is 22.4. The van der Waals surface area contributed by atoms with Crippen LogP contribution in [0, 0.1) is 0 Å². The molecule has 1 saturated heterocycles. The Bertz CT molecular complexity index is 162. The fourth-order valence-electron chi connectivity index (χ4n) is 1.41. The summed E-state index contributed by atoms with van der Waals surface area (Å²) in [5.41, 5.74) is 0. The minimum absolute atomic E-state index is 0.125. The molecular weight excluding hydrogens is 156 g/mol. The predicted octanol–water partition coefficient (Wildman–Crippen LogP) is -0.511. The second-order valence-electron chi connectivity index (χ2n) is 3.17. The fraction of sp³-hybridized carbons (Fsp3) is 0.875. The highest BCUT2D eigenvalue weighted by Gasteiger charge is 2.20. The second-order valence-corrected chi connectivity index (χ2v) is 3.17. The van der Waals surface area contributed by atoms with Crippen molar-refractivity contribution < 1.29 is 9.90 Å². The lowest BCUT2D eigenvalue weighted by molar-refractivity contribution is -0.132. The highest BCUT2D eigenvalue weighted by atomic mass is 16.3. The fourth-order valence-corrected chi connectivity index (χ4v) is 1.41. The van der Waals surface area contributed by atoms with E-state index < -0.39 is 0 Å². The maximum atomic E-state index is 10.9. The lowest BCUT2D eigenvalue weighted by atomic mass is 10.3. The van der Waals surface area contributed by atoms with E-state index in [1.807, 2.05) is 4.90 Å². The Morgan fingerprint density at radius 2 is 1.83 bits per heavy atom. The van der Waals surface area contributed by atoms with E-state index in [9.17, 15) is 9.90 Å². The van der Waals surface area contributed by atoms with E-state index >= 15 is 0 Å². The molecular formula is C8H16N2O2.